The van der Waals surface area contributed by atoms with Gasteiger partial charge in [0.1, 0.15) is 0 Å². The van der Waals surface area contributed by atoms with Crippen molar-refractivity contribution in [3.63, 3.8) is 0 Å². The summed E-state index contributed by atoms with van der Waals surface area (Å²) < 4.78 is 1.32. The van der Waals surface area contributed by atoms with E-state index < -0.39 is 0 Å². The fourth-order valence-electron chi connectivity index (χ4n) is 3.04. The summed E-state index contributed by atoms with van der Waals surface area (Å²) in [5.41, 5.74) is 11.7. The van der Waals surface area contributed by atoms with Gasteiger partial charge in [0.2, 0.25) is 0 Å². The van der Waals surface area contributed by atoms with E-state index in [-0.39, 0.29) is 0 Å². The zero-order valence-corrected chi connectivity index (χ0v) is 14.9. The van der Waals surface area contributed by atoms with Crippen LogP contribution >= 0.6 is 11.3 Å². The number of benzene rings is 3. The van der Waals surface area contributed by atoms with Crippen LogP contribution in [0.15, 0.2) is 72.8 Å². The molecule has 1 heterocycles. The number of fused-ring (bicyclic) bond motifs is 1. The SMILES string of the molecule is Cc1c(/C=C/c2ccccc2N)sc2ccc(-c3ccccc3)cc12. The van der Waals surface area contributed by atoms with Gasteiger partial charge in [0.15, 0.2) is 0 Å². The van der Waals surface area contributed by atoms with Gasteiger partial charge in [0.05, 0.1) is 0 Å². The Morgan fingerprint density at radius 1 is 0.800 bits per heavy atom. The van der Waals surface area contributed by atoms with Gasteiger partial charge < -0.3 is 5.73 Å². The summed E-state index contributed by atoms with van der Waals surface area (Å²) in [5, 5.41) is 1.33. The number of para-hydroxylation sites is 1. The van der Waals surface area contributed by atoms with Gasteiger partial charge >= 0.3 is 0 Å². The molecular formula is C23H19NS. The predicted molar refractivity (Wildman–Crippen MR) is 112 cm³/mol. The molecule has 0 saturated heterocycles. The zero-order valence-electron chi connectivity index (χ0n) is 14.1. The number of aryl methyl sites for hydroxylation is 1. The van der Waals surface area contributed by atoms with Crippen LogP contribution in [0.4, 0.5) is 5.69 Å². The van der Waals surface area contributed by atoms with Gasteiger partial charge in [-0.3, -0.25) is 0 Å². The summed E-state index contributed by atoms with van der Waals surface area (Å²) in [6, 6.07) is 25.2. The Kier molecular flexibility index (Phi) is 4.12. The standard InChI is InChI=1S/C23H19NS/c1-16-20-15-19(17-7-3-2-4-8-17)12-14-23(20)25-22(16)13-11-18-9-5-6-10-21(18)24/h2-15H,24H2,1H3/b13-11+. The van der Waals surface area contributed by atoms with Gasteiger partial charge in [-0.05, 0) is 58.8 Å². The quantitative estimate of drug-likeness (QED) is 0.416. The van der Waals surface area contributed by atoms with Crippen molar-refractivity contribution in [2.24, 2.45) is 0 Å². The smallest absolute Gasteiger partial charge is 0.0387 e. The van der Waals surface area contributed by atoms with Crippen molar-refractivity contribution in [2.75, 3.05) is 5.73 Å². The van der Waals surface area contributed by atoms with Crippen molar-refractivity contribution in [3.05, 3.63) is 88.8 Å². The minimum atomic E-state index is 0.809. The molecule has 0 unspecified atom stereocenters. The molecule has 122 valence electrons. The molecule has 0 fully saturated rings. The summed E-state index contributed by atoms with van der Waals surface area (Å²) in [6.45, 7) is 2.20. The second-order valence-electron chi connectivity index (χ2n) is 6.13. The lowest BCUT2D eigenvalue weighted by Crippen LogP contribution is -1.87. The van der Waals surface area contributed by atoms with Crippen LogP contribution in [0, 0.1) is 6.92 Å². The van der Waals surface area contributed by atoms with Crippen LogP contribution < -0.4 is 5.73 Å². The Hall–Kier alpha value is -2.84. The molecule has 3 aromatic carbocycles. The number of nitrogen functional groups attached to an aromatic ring is 1. The molecule has 0 saturated carbocycles. The Morgan fingerprint density at radius 3 is 2.36 bits per heavy atom. The summed E-state index contributed by atoms with van der Waals surface area (Å²) in [7, 11) is 0. The van der Waals surface area contributed by atoms with E-state index in [0.29, 0.717) is 0 Å². The van der Waals surface area contributed by atoms with Crippen molar-refractivity contribution in [1.29, 1.82) is 0 Å². The molecule has 1 aromatic heterocycles. The second-order valence-corrected chi connectivity index (χ2v) is 7.21. The number of thiophene rings is 1. The van der Waals surface area contributed by atoms with E-state index in [1.165, 1.54) is 31.7 Å². The second kappa shape index (κ2) is 6.58. The molecule has 1 nitrogen and oxygen atoms in total. The molecule has 4 rings (SSSR count). The van der Waals surface area contributed by atoms with Crippen LogP contribution in [0.3, 0.4) is 0 Å². The van der Waals surface area contributed by atoms with Gasteiger partial charge in [-0.15, -0.1) is 11.3 Å². The molecule has 0 amide bonds. The highest BCUT2D eigenvalue weighted by molar-refractivity contribution is 7.20. The van der Waals surface area contributed by atoms with Crippen molar-refractivity contribution in [2.45, 2.75) is 6.92 Å². The molecule has 0 aliphatic heterocycles. The largest absolute Gasteiger partial charge is 0.398 e. The maximum absolute atomic E-state index is 6.03. The first-order valence-electron chi connectivity index (χ1n) is 8.33. The topological polar surface area (TPSA) is 26.0 Å². The van der Waals surface area contributed by atoms with E-state index >= 15 is 0 Å². The Labute approximate surface area is 152 Å². The molecule has 0 aliphatic carbocycles. The van der Waals surface area contributed by atoms with Gasteiger partial charge in [0.25, 0.3) is 0 Å². The highest BCUT2D eigenvalue weighted by Gasteiger charge is 2.08. The van der Waals surface area contributed by atoms with Crippen molar-refractivity contribution in [3.8, 4) is 11.1 Å². The average molecular weight is 341 g/mol. The highest BCUT2D eigenvalue weighted by Crippen LogP contribution is 2.35. The molecule has 0 spiro atoms. The van der Waals surface area contributed by atoms with Crippen molar-refractivity contribution >= 4 is 39.3 Å². The first-order valence-corrected chi connectivity index (χ1v) is 9.15. The molecular weight excluding hydrogens is 322 g/mol. The normalized spacial score (nSPS) is 11.4. The maximum atomic E-state index is 6.03. The van der Waals surface area contributed by atoms with Crippen LogP contribution in [0.25, 0.3) is 33.4 Å². The maximum Gasteiger partial charge on any atom is 0.0387 e. The number of anilines is 1. The van der Waals surface area contributed by atoms with Crippen LogP contribution in [-0.2, 0) is 0 Å². The van der Waals surface area contributed by atoms with Crippen LogP contribution in [-0.4, -0.2) is 0 Å². The molecule has 2 N–H and O–H groups in total. The Bertz CT molecular complexity index is 1060. The van der Waals surface area contributed by atoms with E-state index in [1.54, 1.807) is 0 Å². The van der Waals surface area contributed by atoms with E-state index in [1.807, 2.05) is 35.6 Å². The molecule has 0 aliphatic rings. The molecule has 25 heavy (non-hydrogen) atoms. The summed E-state index contributed by atoms with van der Waals surface area (Å²) in [4.78, 5) is 1.28. The minimum absolute atomic E-state index is 0.809. The molecule has 0 bridgehead atoms. The van der Waals surface area contributed by atoms with E-state index in [9.17, 15) is 0 Å². The lowest BCUT2D eigenvalue weighted by molar-refractivity contribution is 1.57. The lowest BCUT2D eigenvalue weighted by Gasteiger charge is -2.02. The fraction of sp³-hybridized carbons (Fsp3) is 0.0435. The molecule has 0 atom stereocenters. The summed E-state index contributed by atoms with van der Waals surface area (Å²) in [5.74, 6) is 0. The third-order valence-electron chi connectivity index (χ3n) is 4.49. The summed E-state index contributed by atoms with van der Waals surface area (Å²) in [6.07, 6.45) is 4.28. The lowest BCUT2D eigenvalue weighted by atomic mass is 10.0. The zero-order chi connectivity index (χ0) is 17.2. The number of nitrogens with two attached hydrogens (primary N) is 1. The number of rotatable bonds is 3. The number of hydrogen-bond donors (Lipinski definition) is 1. The average Bonchev–Trinajstić information content (AvgIpc) is 2.97. The third kappa shape index (κ3) is 3.09. The highest BCUT2D eigenvalue weighted by atomic mass is 32.1. The van der Waals surface area contributed by atoms with Gasteiger partial charge in [-0.25, -0.2) is 0 Å². The minimum Gasteiger partial charge on any atom is -0.398 e. The summed E-state index contributed by atoms with van der Waals surface area (Å²) >= 11 is 1.83. The van der Waals surface area contributed by atoms with Gasteiger partial charge in [-0.2, -0.15) is 0 Å². The Morgan fingerprint density at radius 2 is 1.56 bits per heavy atom. The van der Waals surface area contributed by atoms with Crippen molar-refractivity contribution < 1.29 is 0 Å². The van der Waals surface area contributed by atoms with Crippen LogP contribution in [0.2, 0.25) is 0 Å². The first-order chi connectivity index (χ1) is 12.2. The van der Waals surface area contributed by atoms with Gasteiger partial charge in [-0.1, -0.05) is 60.7 Å². The van der Waals surface area contributed by atoms with E-state index in [4.69, 9.17) is 5.73 Å². The van der Waals surface area contributed by atoms with Crippen molar-refractivity contribution in [1.82, 2.24) is 0 Å². The molecule has 2 heteroatoms. The van der Waals surface area contributed by atoms with Gasteiger partial charge in [0, 0.05) is 15.3 Å². The number of hydrogen-bond acceptors (Lipinski definition) is 2. The fourth-order valence-corrected chi connectivity index (χ4v) is 4.13. The van der Waals surface area contributed by atoms with E-state index in [0.717, 1.165) is 11.3 Å². The van der Waals surface area contributed by atoms with Crippen LogP contribution in [0.5, 0.6) is 0 Å². The molecule has 0 radical (unpaired) electrons. The molecule has 4 aromatic rings. The third-order valence-corrected chi connectivity index (χ3v) is 5.73. The predicted octanol–water partition coefficient (Wildman–Crippen LogP) is 6.63. The monoisotopic (exact) mass is 341 g/mol. The first kappa shape index (κ1) is 15.7. The van der Waals surface area contributed by atoms with Crippen LogP contribution in [0.1, 0.15) is 16.0 Å². The Balaban J connectivity index is 1.74. The van der Waals surface area contributed by atoms with E-state index in [2.05, 4.69) is 67.6 Å².